The van der Waals surface area contributed by atoms with E-state index in [1.54, 1.807) is 0 Å². The van der Waals surface area contributed by atoms with Crippen molar-refractivity contribution in [2.75, 3.05) is 0 Å². The third kappa shape index (κ3) is 5.35. The van der Waals surface area contributed by atoms with Crippen molar-refractivity contribution in [3.8, 4) is 23.0 Å². The minimum absolute atomic E-state index is 0.300. The molecule has 0 aliphatic rings. The molecule has 0 aliphatic carbocycles. The summed E-state index contributed by atoms with van der Waals surface area (Å²) in [6.07, 6.45) is 3.77. The van der Waals surface area contributed by atoms with Gasteiger partial charge in [0.25, 0.3) is 0 Å². The molecule has 2 aromatic rings. The van der Waals surface area contributed by atoms with Crippen molar-refractivity contribution in [3.63, 3.8) is 0 Å². The lowest BCUT2D eigenvalue weighted by Gasteiger charge is -2.26. The van der Waals surface area contributed by atoms with Gasteiger partial charge in [-0.05, 0) is 48.2 Å². The predicted octanol–water partition coefficient (Wildman–Crippen LogP) is 5.09. The molecular formula is C22H30O6S. The monoisotopic (exact) mass is 422 g/mol. The Labute approximate surface area is 172 Å². The van der Waals surface area contributed by atoms with Gasteiger partial charge in [0.2, 0.25) is 0 Å². The van der Waals surface area contributed by atoms with Gasteiger partial charge in [0, 0.05) is 0 Å². The van der Waals surface area contributed by atoms with Gasteiger partial charge in [-0.2, -0.15) is 0 Å². The number of phenolic OH excluding ortho intramolecular Hbond substituents is 4. The topological polar surface area (TPSA) is 115 Å². The summed E-state index contributed by atoms with van der Waals surface area (Å²) in [4.78, 5) is 0. The molecular weight excluding hydrogens is 392 g/mol. The van der Waals surface area contributed by atoms with Crippen LogP contribution in [0.25, 0.3) is 0 Å². The lowest BCUT2D eigenvalue weighted by molar-refractivity contribution is 0.402. The van der Waals surface area contributed by atoms with Crippen LogP contribution < -0.4 is 0 Å². The molecule has 0 aromatic heterocycles. The molecule has 0 aliphatic heterocycles. The number of benzene rings is 2. The van der Waals surface area contributed by atoms with E-state index in [4.69, 9.17) is 0 Å². The van der Waals surface area contributed by atoms with Gasteiger partial charge >= 0.3 is 0 Å². The van der Waals surface area contributed by atoms with Crippen LogP contribution in [0, 0.1) is 0 Å². The maximum absolute atomic E-state index is 13.7. The summed E-state index contributed by atoms with van der Waals surface area (Å²) < 4.78 is 27.5. The van der Waals surface area contributed by atoms with Crippen molar-refractivity contribution in [1.82, 2.24) is 0 Å². The SMILES string of the molecule is CCCCC(c1ccc(O)c(O)c1)S(=O)(=O)C(CCCC)c1ccc(O)c(O)c1. The zero-order valence-electron chi connectivity index (χ0n) is 16.9. The fourth-order valence-electron chi connectivity index (χ4n) is 3.50. The van der Waals surface area contributed by atoms with E-state index in [0.717, 1.165) is 12.8 Å². The molecule has 0 saturated carbocycles. The standard InChI is InChI=1S/C22H30O6S/c1-3-5-7-21(15-9-11-17(23)19(25)13-15)29(27,28)22(8-6-4-2)16-10-12-18(24)20(26)14-16/h9-14,21-26H,3-8H2,1-2H3. The average Bonchev–Trinajstić information content (AvgIpc) is 2.67. The molecule has 2 unspecified atom stereocenters. The van der Waals surface area contributed by atoms with Crippen LogP contribution in [0.4, 0.5) is 0 Å². The second kappa shape index (κ2) is 9.87. The fraction of sp³-hybridized carbons (Fsp3) is 0.455. The Morgan fingerprint density at radius 2 is 1.07 bits per heavy atom. The van der Waals surface area contributed by atoms with E-state index < -0.39 is 20.3 Å². The third-order valence-corrected chi connectivity index (χ3v) is 7.78. The number of rotatable bonds is 10. The van der Waals surface area contributed by atoms with Crippen LogP contribution in [0.15, 0.2) is 36.4 Å². The zero-order valence-corrected chi connectivity index (χ0v) is 17.7. The molecule has 160 valence electrons. The molecule has 0 amide bonds. The van der Waals surface area contributed by atoms with Crippen molar-refractivity contribution in [2.45, 2.75) is 62.9 Å². The highest BCUT2D eigenvalue weighted by molar-refractivity contribution is 7.91. The van der Waals surface area contributed by atoms with Crippen molar-refractivity contribution >= 4 is 9.84 Å². The highest BCUT2D eigenvalue weighted by Crippen LogP contribution is 2.43. The van der Waals surface area contributed by atoms with Crippen molar-refractivity contribution in [3.05, 3.63) is 47.5 Å². The zero-order chi connectivity index (χ0) is 21.6. The van der Waals surface area contributed by atoms with Gasteiger partial charge in [0.1, 0.15) is 0 Å². The largest absolute Gasteiger partial charge is 0.504 e. The maximum atomic E-state index is 13.7. The highest BCUT2D eigenvalue weighted by Gasteiger charge is 2.36. The average molecular weight is 423 g/mol. The Morgan fingerprint density at radius 3 is 1.38 bits per heavy atom. The highest BCUT2D eigenvalue weighted by atomic mass is 32.2. The van der Waals surface area contributed by atoms with Gasteiger partial charge in [0.15, 0.2) is 32.8 Å². The van der Waals surface area contributed by atoms with E-state index in [2.05, 4.69) is 0 Å². The number of phenols is 4. The molecule has 6 nitrogen and oxygen atoms in total. The van der Waals surface area contributed by atoms with Crippen LogP contribution >= 0.6 is 0 Å². The molecule has 2 atom stereocenters. The molecule has 7 heteroatoms. The smallest absolute Gasteiger partial charge is 0.164 e. The minimum Gasteiger partial charge on any atom is -0.504 e. The van der Waals surface area contributed by atoms with Crippen molar-refractivity contribution in [2.24, 2.45) is 0 Å². The van der Waals surface area contributed by atoms with E-state index in [-0.39, 0.29) is 23.0 Å². The number of hydrogen-bond donors (Lipinski definition) is 4. The van der Waals surface area contributed by atoms with E-state index in [0.29, 0.717) is 36.8 Å². The van der Waals surface area contributed by atoms with E-state index in [1.807, 2.05) is 13.8 Å². The number of unbranched alkanes of at least 4 members (excludes halogenated alkanes) is 2. The number of hydrogen-bond acceptors (Lipinski definition) is 6. The van der Waals surface area contributed by atoms with Gasteiger partial charge in [-0.1, -0.05) is 51.7 Å². The molecule has 4 N–H and O–H groups in total. The molecule has 0 bridgehead atoms. The van der Waals surface area contributed by atoms with Gasteiger partial charge < -0.3 is 20.4 Å². The summed E-state index contributed by atoms with van der Waals surface area (Å²) in [5, 5.41) is 37.3. The van der Waals surface area contributed by atoms with Crippen LogP contribution in [-0.2, 0) is 9.84 Å². The third-order valence-electron chi connectivity index (χ3n) is 5.18. The number of aromatic hydroxyl groups is 4. The lowest BCUT2D eigenvalue weighted by Crippen LogP contribution is -2.21. The summed E-state index contributed by atoms with van der Waals surface area (Å²) in [6, 6.07) is 8.26. The summed E-state index contributed by atoms with van der Waals surface area (Å²) in [5.41, 5.74) is 0.858. The molecule has 0 heterocycles. The number of sulfone groups is 1. The van der Waals surface area contributed by atoms with Crippen LogP contribution in [0.1, 0.15) is 74.0 Å². The fourth-order valence-corrected chi connectivity index (χ4v) is 5.94. The van der Waals surface area contributed by atoms with E-state index in [9.17, 15) is 28.8 Å². The first-order valence-electron chi connectivity index (χ1n) is 9.98. The molecule has 0 fully saturated rings. The van der Waals surface area contributed by atoms with Crippen molar-refractivity contribution in [1.29, 1.82) is 0 Å². The van der Waals surface area contributed by atoms with Gasteiger partial charge in [-0.3, -0.25) is 0 Å². The molecule has 2 rings (SSSR count). The first-order valence-corrected chi connectivity index (χ1v) is 11.6. The van der Waals surface area contributed by atoms with E-state index >= 15 is 0 Å². The second-order valence-electron chi connectivity index (χ2n) is 7.35. The lowest BCUT2D eigenvalue weighted by atomic mass is 10.1. The quantitative estimate of drug-likeness (QED) is 0.397. The Hall–Kier alpha value is -2.41. The Balaban J connectivity index is 2.55. The predicted molar refractivity (Wildman–Crippen MR) is 113 cm³/mol. The summed E-state index contributed by atoms with van der Waals surface area (Å²) in [6.45, 7) is 3.95. The normalized spacial score (nSPS) is 13.9. The van der Waals surface area contributed by atoms with Crippen LogP contribution in [0.3, 0.4) is 0 Å². The second-order valence-corrected chi connectivity index (χ2v) is 9.66. The van der Waals surface area contributed by atoms with Gasteiger partial charge in [-0.15, -0.1) is 0 Å². The molecule has 2 aromatic carbocycles. The Bertz CT molecular complexity index is 853. The van der Waals surface area contributed by atoms with Crippen molar-refractivity contribution < 1.29 is 28.8 Å². The van der Waals surface area contributed by atoms with Gasteiger partial charge in [0.05, 0.1) is 10.5 Å². The van der Waals surface area contributed by atoms with Crippen LogP contribution in [-0.4, -0.2) is 28.8 Å². The molecule has 29 heavy (non-hydrogen) atoms. The first-order chi connectivity index (χ1) is 13.7. The summed E-state index contributed by atoms with van der Waals surface area (Å²) >= 11 is 0. The Morgan fingerprint density at radius 1 is 0.690 bits per heavy atom. The van der Waals surface area contributed by atoms with Crippen LogP contribution in [0.2, 0.25) is 0 Å². The maximum Gasteiger partial charge on any atom is 0.164 e. The first kappa shape index (κ1) is 22.9. The Kier molecular flexibility index (Phi) is 7.79. The summed E-state index contributed by atoms with van der Waals surface area (Å²) in [5.74, 6) is -1.31. The molecule has 0 spiro atoms. The molecule has 0 radical (unpaired) electrons. The minimum atomic E-state index is -3.76. The summed E-state index contributed by atoms with van der Waals surface area (Å²) in [7, 11) is -3.76. The van der Waals surface area contributed by atoms with Crippen LogP contribution in [0.5, 0.6) is 23.0 Å². The van der Waals surface area contributed by atoms with E-state index in [1.165, 1.54) is 36.4 Å². The molecule has 0 saturated heterocycles. The van der Waals surface area contributed by atoms with Gasteiger partial charge in [-0.25, -0.2) is 8.42 Å².